The largest absolute Gasteiger partial charge is 0.493 e. The van der Waals surface area contributed by atoms with Crippen LogP contribution in [0.1, 0.15) is 15.2 Å². The second-order valence-electron chi connectivity index (χ2n) is 4.08. The van der Waals surface area contributed by atoms with Crippen LogP contribution >= 0.6 is 27.3 Å². The molecule has 0 bridgehead atoms. The molecule has 0 aliphatic rings. The molecule has 0 atom stereocenters. The molecular formula is C14H14BrNO4S. The molecule has 21 heavy (non-hydrogen) atoms. The molecule has 2 N–H and O–H groups in total. The smallest absolute Gasteiger partial charge is 0.340 e. The van der Waals surface area contributed by atoms with Crippen molar-refractivity contribution in [1.29, 1.82) is 0 Å². The lowest BCUT2D eigenvalue weighted by Crippen LogP contribution is -2.09. The van der Waals surface area contributed by atoms with Crippen LogP contribution in [0.2, 0.25) is 0 Å². The van der Waals surface area contributed by atoms with Crippen molar-refractivity contribution in [2.75, 3.05) is 20.0 Å². The Morgan fingerprint density at radius 1 is 1.24 bits per heavy atom. The van der Waals surface area contributed by atoms with Crippen LogP contribution in [0.15, 0.2) is 28.1 Å². The van der Waals surface area contributed by atoms with Gasteiger partial charge in [0.05, 0.1) is 29.3 Å². The summed E-state index contributed by atoms with van der Waals surface area (Å²) in [5.41, 5.74) is 6.39. The Hall–Kier alpha value is -1.73. The number of esters is 1. The zero-order valence-electron chi connectivity index (χ0n) is 11.5. The zero-order valence-corrected chi connectivity index (χ0v) is 13.9. The number of nitrogen functional groups attached to an aromatic ring is 1. The van der Waals surface area contributed by atoms with Crippen molar-refractivity contribution < 1.29 is 19.0 Å². The third kappa shape index (κ3) is 3.68. The number of methoxy groups -OCH3 is 2. The normalized spacial score (nSPS) is 10.2. The first kappa shape index (κ1) is 15.7. The first-order valence-electron chi connectivity index (χ1n) is 5.98. The van der Waals surface area contributed by atoms with E-state index in [4.69, 9.17) is 19.9 Å². The van der Waals surface area contributed by atoms with Crippen molar-refractivity contribution in [3.05, 3.63) is 38.5 Å². The Labute approximate surface area is 134 Å². The fourth-order valence-electron chi connectivity index (χ4n) is 1.72. The highest BCUT2D eigenvalue weighted by Crippen LogP contribution is 2.32. The second-order valence-corrected chi connectivity index (χ2v) is 6.62. The van der Waals surface area contributed by atoms with Crippen molar-refractivity contribution in [3.63, 3.8) is 0 Å². The van der Waals surface area contributed by atoms with Crippen LogP contribution in [-0.2, 0) is 11.3 Å². The number of carbonyl (C=O) groups excluding carboxylic acids is 1. The van der Waals surface area contributed by atoms with Gasteiger partial charge >= 0.3 is 5.97 Å². The van der Waals surface area contributed by atoms with Gasteiger partial charge in [-0.05, 0) is 28.1 Å². The molecule has 0 radical (unpaired) electrons. The summed E-state index contributed by atoms with van der Waals surface area (Å²) >= 11 is 4.86. The average molecular weight is 372 g/mol. The lowest BCUT2D eigenvalue weighted by Gasteiger charge is -2.12. The summed E-state index contributed by atoms with van der Waals surface area (Å²) in [5.74, 6) is 0.393. The molecule has 0 saturated heterocycles. The van der Waals surface area contributed by atoms with Gasteiger partial charge in [0.25, 0.3) is 0 Å². The van der Waals surface area contributed by atoms with Gasteiger partial charge in [-0.1, -0.05) is 0 Å². The summed E-state index contributed by atoms with van der Waals surface area (Å²) in [6.07, 6.45) is 0. The van der Waals surface area contributed by atoms with Gasteiger partial charge in [-0.25, -0.2) is 4.79 Å². The topological polar surface area (TPSA) is 70.8 Å². The van der Waals surface area contributed by atoms with Crippen LogP contribution in [0.5, 0.6) is 11.5 Å². The molecule has 0 spiro atoms. The van der Waals surface area contributed by atoms with Crippen molar-refractivity contribution >= 4 is 38.9 Å². The number of benzene rings is 1. The Bertz CT molecular complexity index is 656. The Kier molecular flexibility index (Phi) is 5.08. The number of rotatable bonds is 5. The zero-order chi connectivity index (χ0) is 15.4. The lowest BCUT2D eigenvalue weighted by atomic mass is 10.1. The number of hydrogen-bond acceptors (Lipinski definition) is 6. The van der Waals surface area contributed by atoms with Crippen LogP contribution < -0.4 is 15.2 Å². The number of carbonyl (C=O) groups is 1. The highest BCUT2D eigenvalue weighted by atomic mass is 79.9. The van der Waals surface area contributed by atoms with Crippen LogP contribution in [0, 0.1) is 0 Å². The van der Waals surface area contributed by atoms with Crippen molar-refractivity contribution in [2.24, 2.45) is 0 Å². The average Bonchev–Trinajstić information content (AvgIpc) is 2.90. The van der Waals surface area contributed by atoms with Crippen molar-refractivity contribution in [1.82, 2.24) is 0 Å². The standard InChI is InChI=1S/C14H14BrNO4S/c1-18-11-5-9(10(16)6-12(11)19-2)14(17)20-7-8-3-4-13(15)21-8/h3-6H,7,16H2,1-2H3. The SMILES string of the molecule is COc1cc(N)c(C(=O)OCc2ccc(Br)s2)cc1OC. The minimum absolute atomic E-state index is 0.197. The molecule has 0 fully saturated rings. The first-order chi connectivity index (χ1) is 10.0. The first-order valence-corrected chi connectivity index (χ1v) is 7.59. The molecule has 112 valence electrons. The fraction of sp³-hybridized carbons (Fsp3) is 0.214. The van der Waals surface area contributed by atoms with E-state index in [-0.39, 0.29) is 17.9 Å². The molecular weight excluding hydrogens is 358 g/mol. The van der Waals surface area contributed by atoms with Gasteiger partial charge in [0.2, 0.25) is 0 Å². The molecule has 1 aromatic carbocycles. The highest BCUT2D eigenvalue weighted by Gasteiger charge is 2.16. The molecule has 1 heterocycles. The number of hydrogen-bond donors (Lipinski definition) is 1. The second kappa shape index (κ2) is 6.82. The van der Waals surface area contributed by atoms with Gasteiger partial charge in [-0.15, -0.1) is 11.3 Å². The minimum atomic E-state index is -0.502. The van der Waals surface area contributed by atoms with Crippen molar-refractivity contribution in [3.8, 4) is 11.5 Å². The van der Waals surface area contributed by atoms with Gasteiger partial charge < -0.3 is 19.9 Å². The van der Waals surface area contributed by atoms with Gasteiger partial charge in [0.1, 0.15) is 6.61 Å². The maximum Gasteiger partial charge on any atom is 0.340 e. The molecule has 0 unspecified atom stereocenters. The quantitative estimate of drug-likeness (QED) is 0.643. The molecule has 0 saturated carbocycles. The fourth-order valence-corrected chi connectivity index (χ4v) is 3.11. The molecule has 2 rings (SSSR count). The van der Waals surface area contributed by atoms with Crippen LogP contribution in [0.25, 0.3) is 0 Å². The molecule has 7 heteroatoms. The molecule has 1 aromatic heterocycles. The number of thiophene rings is 1. The number of ether oxygens (including phenoxy) is 3. The van der Waals surface area contributed by atoms with E-state index >= 15 is 0 Å². The highest BCUT2D eigenvalue weighted by molar-refractivity contribution is 9.11. The van der Waals surface area contributed by atoms with Crippen LogP contribution in [0.4, 0.5) is 5.69 Å². The third-order valence-electron chi connectivity index (χ3n) is 2.75. The molecule has 2 aromatic rings. The summed E-state index contributed by atoms with van der Waals surface area (Å²) < 4.78 is 16.5. The van der Waals surface area contributed by atoms with Gasteiger partial charge in [-0.3, -0.25) is 0 Å². The maximum atomic E-state index is 12.1. The van der Waals surface area contributed by atoms with Crippen LogP contribution in [-0.4, -0.2) is 20.2 Å². The Morgan fingerprint density at radius 3 is 2.48 bits per heavy atom. The monoisotopic (exact) mass is 371 g/mol. The summed E-state index contributed by atoms with van der Waals surface area (Å²) in [6, 6.07) is 6.84. The minimum Gasteiger partial charge on any atom is -0.493 e. The van der Waals surface area contributed by atoms with Gasteiger partial charge in [0, 0.05) is 17.0 Å². The Morgan fingerprint density at radius 2 is 1.90 bits per heavy atom. The maximum absolute atomic E-state index is 12.1. The van der Waals surface area contributed by atoms with Crippen molar-refractivity contribution in [2.45, 2.75) is 6.61 Å². The third-order valence-corrected chi connectivity index (χ3v) is 4.35. The summed E-state index contributed by atoms with van der Waals surface area (Å²) in [6.45, 7) is 0.197. The van der Waals surface area contributed by atoms with E-state index in [1.54, 1.807) is 0 Å². The van der Waals surface area contributed by atoms with E-state index in [2.05, 4.69) is 15.9 Å². The lowest BCUT2D eigenvalue weighted by molar-refractivity contribution is 0.0477. The van der Waals surface area contributed by atoms with E-state index in [1.165, 1.54) is 37.7 Å². The predicted octanol–water partition coefficient (Wildman–Crippen LogP) is 3.47. The summed E-state index contributed by atoms with van der Waals surface area (Å²) in [5, 5.41) is 0. The van der Waals surface area contributed by atoms with Crippen LogP contribution in [0.3, 0.4) is 0 Å². The predicted molar refractivity (Wildman–Crippen MR) is 85.1 cm³/mol. The number of nitrogens with two attached hydrogens (primary N) is 1. The molecule has 0 aliphatic heterocycles. The Balaban J connectivity index is 2.15. The van der Waals surface area contributed by atoms with E-state index < -0.39 is 5.97 Å². The number of anilines is 1. The van der Waals surface area contributed by atoms with E-state index in [0.29, 0.717) is 11.5 Å². The van der Waals surface area contributed by atoms with E-state index in [0.717, 1.165) is 8.66 Å². The summed E-state index contributed by atoms with van der Waals surface area (Å²) in [4.78, 5) is 13.0. The number of halogens is 1. The van der Waals surface area contributed by atoms with E-state index in [9.17, 15) is 4.79 Å². The molecule has 0 amide bonds. The van der Waals surface area contributed by atoms with Gasteiger partial charge in [-0.2, -0.15) is 0 Å². The molecule has 5 nitrogen and oxygen atoms in total. The molecule has 0 aliphatic carbocycles. The van der Waals surface area contributed by atoms with Gasteiger partial charge in [0.15, 0.2) is 11.5 Å². The van der Waals surface area contributed by atoms with E-state index in [1.807, 2.05) is 12.1 Å². The summed E-state index contributed by atoms with van der Waals surface area (Å²) in [7, 11) is 3.00.